The van der Waals surface area contributed by atoms with E-state index in [1.54, 1.807) is 0 Å². The molecular formula is C25H19N3. The predicted molar refractivity (Wildman–Crippen MR) is 113 cm³/mol. The Labute approximate surface area is 164 Å². The van der Waals surface area contributed by atoms with Crippen molar-refractivity contribution >= 4 is 10.8 Å². The number of hydrogen-bond donors (Lipinski definition) is 0. The normalized spacial score (nSPS) is 12.1. The highest BCUT2D eigenvalue weighted by molar-refractivity contribution is 5.85. The first-order valence-electron chi connectivity index (χ1n) is 9.36. The van der Waals surface area contributed by atoms with Crippen molar-refractivity contribution < 1.29 is 0 Å². The van der Waals surface area contributed by atoms with Crippen LogP contribution in [0.4, 0.5) is 0 Å². The molecule has 0 aliphatic carbocycles. The number of nitrogens with zero attached hydrogens (tertiary/aromatic N) is 3. The minimum atomic E-state index is -0.0292. The Hall–Kier alpha value is -3.72. The molecule has 0 amide bonds. The quantitative estimate of drug-likeness (QED) is 0.409. The molecule has 0 aliphatic heterocycles. The van der Waals surface area contributed by atoms with Crippen LogP contribution in [0.25, 0.3) is 21.9 Å². The average molecular weight is 361 g/mol. The maximum atomic E-state index is 4.77. The van der Waals surface area contributed by atoms with Gasteiger partial charge in [0.25, 0.3) is 0 Å². The van der Waals surface area contributed by atoms with Gasteiger partial charge in [0.1, 0.15) is 6.04 Å². The van der Waals surface area contributed by atoms with Crippen molar-refractivity contribution in [3.8, 4) is 11.1 Å². The first kappa shape index (κ1) is 16.5. The van der Waals surface area contributed by atoms with E-state index in [9.17, 15) is 0 Å². The molecule has 2 aromatic heterocycles. The van der Waals surface area contributed by atoms with Crippen molar-refractivity contribution in [1.82, 2.24) is 14.5 Å². The van der Waals surface area contributed by atoms with Crippen molar-refractivity contribution in [3.05, 3.63) is 121 Å². The van der Waals surface area contributed by atoms with Gasteiger partial charge in [-0.1, -0.05) is 78.9 Å². The molecule has 3 aromatic carbocycles. The molecule has 134 valence electrons. The fourth-order valence-corrected chi connectivity index (χ4v) is 3.74. The number of benzene rings is 3. The summed E-state index contributed by atoms with van der Waals surface area (Å²) in [4.78, 5) is 9.05. The molecule has 0 N–H and O–H groups in total. The lowest BCUT2D eigenvalue weighted by Crippen LogP contribution is -2.12. The third-order valence-corrected chi connectivity index (χ3v) is 5.12. The number of pyridine rings is 1. The molecule has 0 spiro atoms. The molecule has 1 atom stereocenters. The van der Waals surface area contributed by atoms with E-state index in [0.717, 1.165) is 11.1 Å². The molecule has 0 aliphatic rings. The highest BCUT2D eigenvalue weighted by Gasteiger charge is 2.20. The van der Waals surface area contributed by atoms with Crippen molar-refractivity contribution in [1.29, 1.82) is 0 Å². The zero-order valence-corrected chi connectivity index (χ0v) is 15.3. The van der Waals surface area contributed by atoms with E-state index in [-0.39, 0.29) is 6.04 Å². The summed E-state index contributed by atoms with van der Waals surface area (Å²) in [5, 5.41) is 2.36. The van der Waals surface area contributed by atoms with Gasteiger partial charge in [0.05, 0.1) is 12.0 Å². The van der Waals surface area contributed by atoms with Gasteiger partial charge in [-0.25, -0.2) is 4.98 Å². The summed E-state index contributed by atoms with van der Waals surface area (Å²) in [6.07, 6.45) is 7.56. The minimum absolute atomic E-state index is 0.0292. The van der Waals surface area contributed by atoms with E-state index in [1.165, 1.54) is 22.1 Å². The van der Waals surface area contributed by atoms with Gasteiger partial charge in [-0.2, -0.15) is 0 Å². The Morgan fingerprint density at radius 3 is 2.21 bits per heavy atom. The van der Waals surface area contributed by atoms with Crippen molar-refractivity contribution in [3.63, 3.8) is 0 Å². The molecule has 2 heterocycles. The fourth-order valence-electron chi connectivity index (χ4n) is 3.74. The lowest BCUT2D eigenvalue weighted by molar-refractivity contribution is 0.663. The van der Waals surface area contributed by atoms with Crippen LogP contribution in [-0.2, 0) is 0 Å². The Morgan fingerprint density at radius 1 is 0.679 bits per heavy atom. The van der Waals surface area contributed by atoms with Gasteiger partial charge >= 0.3 is 0 Å². The van der Waals surface area contributed by atoms with Crippen LogP contribution < -0.4 is 0 Å². The highest BCUT2D eigenvalue weighted by Crippen LogP contribution is 2.31. The van der Waals surface area contributed by atoms with E-state index in [2.05, 4.69) is 88.4 Å². The standard InChI is InChI=1S/C25H19N3/c1-2-6-19(7-3-1)20-10-12-22(13-11-20)25(28-17-16-26-18-28)24-23-9-5-4-8-21(23)14-15-27-24/h1-18,25H. The molecule has 1 unspecified atom stereocenters. The largest absolute Gasteiger partial charge is 0.324 e. The second-order valence-corrected chi connectivity index (χ2v) is 6.82. The zero-order valence-electron chi connectivity index (χ0n) is 15.3. The topological polar surface area (TPSA) is 30.7 Å². The van der Waals surface area contributed by atoms with Crippen LogP contribution in [-0.4, -0.2) is 14.5 Å². The Bertz CT molecular complexity index is 1190. The summed E-state index contributed by atoms with van der Waals surface area (Å²) in [6, 6.07) is 29.6. The second-order valence-electron chi connectivity index (χ2n) is 6.82. The predicted octanol–water partition coefficient (Wildman–Crippen LogP) is 5.74. The third-order valence-electron chi connectivity index (χ3n) is 5.12. The number of aromatic nitrogens is 3. The summed E-state index contributed by atoms with van der Waals surface area (Å²) in [5.41, 5.74) is 4.64. The first-order valence-corrected chi connectivity index (χ1v) is 9.36. The number of hydrogen-bond acceptors (Lipinski definition) is 2. The molecule has 0 saturated heterocycles. The van der Waals surface area contributed by atoms with Crippen molar-refractivity contribution in [2.24, 2.45) is 0 Å². The molecule has 0 fully saturated rings. The average Bonchev–Trinajstić information content (AvgIpc) is 3.30. The summed E-state index contributed by atoms with van der Waals surface area (Å²) in [7, 11) is 0. The SMILES string of the molecule is c1ccc(-c2ccc(C(c3nccc4ccccc34)n3ccnc3)cc2)cc1. The molecule has 28 heavy (non-hydrogen) atoms. The van der Waals surface area contributed by atoms with Crippen LogP contribution in [0.15, 0.2) is 110 Å². The monoisotopic (exact) mass is 361 g/mol. The molecule has 5 aromatic rings. The maximum absolute atomic E-state index is 4.77. The van der Waals surface area contributed by atoms with Gasteiger partial charge in [0.15, 0.2) is 0 Å². The number of fused-ring (bicyclic) bond motifs is 1. The van der Waals surface area contributed by atoms with Crippen molar-refractivity contribution in [2.75, 3.05) is 0 Å². The van der Waals surface area contributed by atoms with Crippen LogP contribution in [0.1, 0.15) is 17.3 Å². The lowest BCUT2D eigenvalue weighted by atomic mass is 9.96. The molecule has 0 saturated carbocycles. The van der Waals surface area contributed by atoms with E-state index in [0.29, 0.717) is 0 Å². The van der Waals surface area contributed by atoms with Crippen LogP contribution in [0.3, 0.4) is 0 Å². The van der Waals surface area contributed by atoms with E-state index in [4.69, 9.17) is 4.98 Å². The van der Waals surface area contributed by atoms with Crippen LogP contribution in [0.5, 0.6) is 0 Å². The van der Waals surface area contributed by atoms with Gasteiger partial charge in [-0.3, -0.25) is 4.98 Å². The van der Waals surface area contributed by atoms with E-state index in [1.807, 2.05) is 31.0 Å². The molecule has 0 bridgehead atoms. The maximum Gasteiger partial charge on any atom is 0.102 e. The molecule has 3 heteroatoms. The minimum Gasteiger partial charge on any atom is -0.324 e. The van der Waals surface area contributed by atoms with Crippen molar-refractivity contribution in [2.45, 2.75) is 6.04 Å². The zero-order chi connectivity index (χ0) is 18.8. The fraction of sp³-hybridized carbons (Fsp3) is 0.0400. The van der Waals surface area contributed by atoms with E-state index < -0.39 is 0 Å². The summed E-state index contributed by atoms with van der Waals surface area (Å²) >= 11 is 0. The van der Waals surface area contributed by atoms with E-state index >= 15 is 0 Å². The number of rotatable bonds is 4. The Balaban J connectivity index is 1.64. The summed E-state index contributed by atoms with van der Waals surface area (Å²) in [5.74, 6) is 0. The van der Waals surface area contributed by atoms with Crippen LogP contribution >= 0.6 is 0 Å². The van der Waals surface area contributed by atoms with Gasteiger partial charge in [0, 0.05) is 24.0 Å². The van der Waals surface area contributed by atoms with Crippen LogP contribution in [0.2, 0.25) is 0 Å². The molecular weight excluding hydrogens is 342 g/mol. The van der Waals surface area contributed by atoms with Gasteiger partial charge in [-0.15, -0.1) is 0 Å². The highest BCUT2D eigenvalue weighted by atomic mass is 15.1. The summed E-state index contributed by atoms with van der Waals surface area (Å²) in [6.45, 7) is 0. The third kappa shape index (κ3) is 2.97. The van der Waals surface area contributed by atoms with Gasteiger partial charge < -0.3 is 4.57 Å². The smallest absolute Gasteiger partial charge is 0.102 e. The van der Waals surface area contributed by atoms with Gasteiger partial charge in [-0.05, 0) is 28.1 Å². The lowest BCUT2D eigenvalue weighted by Gasteiger charge is -2.20. The second kappa shape index (κ2) is 7.12. The molecule has 3 nitrogen and oxygen atoms in total. The van der Waals surface area contributed by atoms with Gasteiger partial charge in [0.2, 0.25) is 0 Å². The summed E-state index contributed by atoms with van der Waals surface area (Å²) < 4.78 is 2.12. The Morgan fingerprint density at radius 2 is 1.43 bits per heavy atom. The first-order chi connectivity index (χ1) is 13.9. The Kier molecular flexibility index (Phi) is 4.19. The molecule has 5 rings (SSSR count). The van der Waals surface area contributed by atoms with Crippen LogP contribution in [0, 0.1) is 0 Å². The molecule has 0 radical (unpaired) electrons. The number of imidazole rings is 1.